The summed E-state index contributed by atoms with van der Waals surface area (Å²) >= 11 is 0. The number of rotatable bonds is 5. The lowest BCUT2D eigenvalue weighted by Crippen LogP contribution is -2.33. The molecular weight excluding hydrogens is 242 g/mol. The molecule has 90 valence electrons. The number of benzene rings is 1. The van der Waals surface area contributed by atoms with Crippen molar-refractivity contribution >= 4 is 15.8 Å². The van der Waals surface area contributed by atoms with Crippen LogP contribution in [0.25, 0.3) is 0 Å². The van der Waals surface area contributed by atoms with Crippen molar-refractivity contribution in [2.45, 2.75) is 11.7 Å². The normalized spacial score (nSPS) is 12.6. The minimum Gasteiger partial charge on any atom is -0.480 e. The second-order valence-corrected chi connectivity index (χ2v) is 5.67. The van der Waals surface area contributed by atoms with Gasteiger partial charge in [-0.1, -0.05) is 30.3 Å². The zero-order valence-corrected chi connectivity index (χ0v) is 9.72. The molecule has 0 aliphatic heterocycles. The predicted octanol–water partition coefficient (Wildman–Crippen LogP) is 0.621. The van der Waals surface area contributed by atoms with Crippen LogP contribution in [-0.4, -0.2) is 30.5 Å². The van der Waals surface area contributed by atoms with E-state index in [1.54, 1.807) is 30.3 Å². The van der Waals surface area contributed by atoms with E-state index in [4.69, 9.17) is 10.4 Å². The molecule has 1 aromatic rings. The molecule has 5 nitrogen and oxygen atoms in total. The van der Waals surface area contributed by atoms with Crippen LogP contribution in [0, 0.1) is 11.3 Å². The molecule has 0 fully saturated rings. The van der Waals surface area contributed by atoms with E-state index in [1.165, 1.54) is 6.07 Å². The summed E-state index contributed by atoms with van der Waals surface area (Å²) in [6, 6.07) is 9.93. The van der Waals surface area contributed by atoms with Gasteiger partial charge in [0.2, 0.25) is 0 Å². The van der Waals surface area contributed by atoms with Crippen molar-refractivity contribution in [3.63, 3.8) is 0 Å². The van der Waals surface area contributed by atoms with Gasteiger partial charge in [0.15, 0.2) is 15.1 Å². The molecular formula is C11H11NO4S. The molecule has 0 spiro atoms. The highest BCUT2D eigenvalue weighted by atomic mass is 32.2. The number of nitriles is 1. The first-order valence-corrected chi connectivity index (χ1v) is 6.54. The highest BCUT2D eigenvalue weighted by Crippen LogP contribution is 2.11. The number of nitrogens with zero attached hydrogens (tertiary/aromatic N) is 1. The predicted molar refractivity (Wildman–Crippen MR) is 61.0 cm³/mol. The maximum absolute atomic E-state index is 11.6. The van der Waals surface area contributed by atoms with E-state index >= 15 is 0 Å². The van der Waals surface area contributed by atoms with Crippen LogP contribution in [-0.2, 0) is 21.1 Å². The molecule has 0 bridgehead atoms. The maximum Gasteiger partial charge on any atom is 0.322 e. The van der Waals surface area contributed by atoms with Gasteiger partial charge >= 0.3 is 5.97 Å². The lowest BCUT2D eigenvalue weighted by atomic mass is 10.1. The largest absolute Gasteiger partial charge is 0.480 e. The molecule has 1 aromatic carbocycles. The van der Waals surface area contributed by atoms with Crippen LogP contribution < -0.4 is 0 Å². The summed E-state index contributed by atoms with van der Waals surface area (Å²) in [4.78, 5) is 10.9. The van der Waals surface area contributed by atoms with Gasteiger partial charge in [-0.3, -0.25) is 4.79 Å². The molecule has 1 unspecified atom stereocenters. The Morgan fingerprint density at radius 1 is 1.35 bits per heavy atom. The standard InChI is InChI=1S/C11H11NO4S/c12-6-7-17(15,16)10(11(13)14)8-9-4-2-1-3-5-9/h1-5,10H,7-8H2,(H,13,14). The second-order valence-electron chi connectivity index (χ2n) is 3.48. The molecule has 0 aliphatic carbocycles. The van der Waals surface area contributed by atoms with Crippen molar-refractivity contribution in [3.05, 3.63) is 35.9 Å². The number of aliphatic carboxylic acids is 1. The van der Waals surface area contributed by atoms with Crippen LogP contribution in [0.2, 0.25) is 0 Å². The lowest BCUT2D eigenvalue weighted by Gasteiger charge is -2.11. The van der Waals surface area contributed by atoms with Crippen molar-refractivity contribution in [1.29, 1.82) is 5.26 Å². The smallest absolute Gasteiger partial charge is 0.322 e. The quantitative estimate of drug-likeness (QED) is 0.830. The minimum absolute atomic E-state index is 0.125. The van der Waals surface area contributed by atoms with Crippen molar-refractivity contribution in [2.75, 3.05) is 5.75 Å². The van der Waals surface area contributed by atoms with Gasteiger partial charge in [0, 0.05) is 0 Å². The third-order valence-electron chi connectivity index (χ3n) is 2.24. The Bertz CT molecular complexity index is 530. The van der Waals surface area contributed by atoms with Gasteiger partial charge in [-0.15, -0.1) is 0 Å². The molecule has 0 heterocycles. The molecule has 0 aromatic heterocycles. The Labute approximate surface area is 99.2 Å². The van der Waals surface area contributed by atoms with Gasteiger partial charge in [-0.25, -0.2) is 8.42 Å². The molecule has 0 radical (unpaired) electrons. The van der Waals surface area contributed by atoms with Crippen LogP contribution in [0.15, 0.2) is 30.3 Å². The minimum atomic E-state index is -3.93. The summed E-state index contributed by atoms with van der Waals surface area (Å²) in [7, 11) is -3.93. The number of carboxylic acid groups (broad SMARTS) is 1. The zero-order chi connectivity index (χ0) is 12.9. The van der Waals surface area contributed by atoms with Crippen LogP contribution in [0.4, 0.5) is 0 Å². The second kappa shape index (κ2) is 5.46. The van der Waals surface area contributed by atoms with Gasteiger partial charge in [-0.05, 0) is 12.0 Å². The van der Waals surface area contributed by atoms with Crippen molar-refractivity contribution < 1.29 is 18.3 Å². The third kappa shape index (κ3) is 3.57. The Morgan fingerprint density at radius 3 is 2.41 bits per heavy atom. The Balaban J connectivity index is 2.97. The van der Waals surface area contributed by atoms with E-state index in [9.17, 15) is 13.2 Å². The monoisotopic (exact) mass is 253 g/mol. The van der Waals surface area contributed by atoms with Crippen LogP contribution >= 0.6 is 0 Å². The Kier molecular flexibility index (Phi) is 4.24. The topological polar surface area (TPSA) is 95.2 Å². The highest BCUT2D eigenvalue weighted by Gasteiger charge is 2.32. The molecule has 0 saturated heterocycles. The van der Waals surface area contributed by atoms with Crippen LogP contribution in [0.3, 0.4) is 0 Å². The average Bonchev–Trinajstić information content (AvgIpc) is 2.26. The first-order chi connectivity index (χ1) is 7.97. The molecule has 0 amide bonds. The van der Waals surface area contributed by atoms with E-state index in [0.717, 1.165) is 0 Å². The summed E-state index contributed by atoms with van der Waals surface area (Å²) in [6.07, 6.45) is -0.125. The van der Waals surface area contributed by atoms with Crippen LogP contribution in [0.1, 0.15) is 5.56 Å². The summed E-state index contributed by atoms with van der Waals surface area (Å²) in [5.41, 5.74) is 0.612. The lowest BCUT2D eigenvalue weighted by molar-refractivity contribution is -0.136. The zero-order valence-electron chi connectivity index (χ0n) is 8.91. The van der Waals surface area contributed by atoms with Crippen molar-refractivity contribution in [2.24, 2.45) is 0 Å². The van der Waals surface area contributed by atoms with E-state index in [1.807, 2.05) is 0 Å². The number of sulfone groups is 1. The van der Waals surface area contributed by atoms with Gasteiger partial charge < -0.3 is 5.11 Å². The van der Waals surface area contributed by atoms with E-state index < -0.39 is 26.8 Å². The van der Waals surface area contributed by atoms with E-state index in [2.05, 4.69) is 0 Å². The van der Waals surface area contributed by atoms with Crippen LogP contribution in [0.5, 0.6) is 0 Å². The fourth-order valence-electron chi connectivity index (χ4n) is 1.39. The summed E-state index contributed by atoms with van der Waals surface area (Å²) in [5, 5.41) is 15.7. The average molecular weight is 253 g/mol. The maximum atomic E-state index is 11.6. The SMILES string of the molecule is N#CCS(=O)(=O)C(Cc1ccccc1)C(=O)O. The number of hydrogen-bond acceptors (Lipinski definition) is 4. The molecule has 17 heavy (non-hydrogen) atoms. The molecule has 0 saturated carbocycles. The van der Waals surface area contributed by atoms with E-state index in [-0.39, 0.29) is 6.42 Å². The van der Waals surface area contributed by atoms with Gasteiger partial charge in [0.1, 0.15) is 5.75 Å². The summed E-state index contributed by atoms with van der Waals surface area (Å²) in [5.74, 6) is -2.21. The van der Waals surface area contributed by atoms with Crippen molar-refractivity contribution in [3.8, 4) is 6.07 Å². The number of hydrogen-bond donors (Lipinski definition) is 1. The molecule has 1 atom stereocenters. The molecule has 1 N–H and O–H groups in total. The van der Waals surface area contributed by atoms with Gasteiger partial charge in [-0.2, -0.15) is 5.26 Å². The molecule has 0 aliphatic rings. The first kappa shape index (κ1) is 13.2. The summed E-state index contributed by atoms with van der Waals surface area (Å²) in [6.45, 7) is 0. The first-order valence-electron chi connectivity index (χ1n) is 4.82. The third-order valence-corrected chi connectivity index (χ3v) is 4.01. The van der Waals surface area contributed by atoms with Crippen molar-refractivity contribution in [1.82, 2.24) is 0 Å². The summed E-state index contributed by atoms with van der Waals surface area (Å²) < 4.78 is 23.1. The highest BCUT2D eigenvalue weighted by molar-refractivity contribution is 7.92. The van der Waals surface area contributed by atoms with E-state index in [0.29, 0.717) is 5.56 Å². The number of carbonyl (C=O) groups is 1. The Hall–Kier alpha value is -1.87. The number of carboxylic acids is 1. The fourth-order valence-corrected chi connectivity index (χ4v) is 2.52. The molecule has 1 rings (SSSR count). The van der Waals surface area contributed by atoms with Gasteiger partial charge in [0.25, 0.3) is 0 Å². The Morgan fingerprint density at radius 2 is 1.94 bits per heavy atom. The van der Waals surface area contributed by atoms with Gasteiger partial charge in [0.05, 0.1) is 6.07 Å². The fraction of sp³-hybridized carbons (Fsp3) is 0.273. The molecule has 6 heteroatoms.